The number of piperidine rings is 1. The summed E-state index contributed by atoms with van der Waals surface area (Å²) in [6, 6.07) is 7.74. The van der Waals surface area contributed by atoms with Gasteiger partial charge in [-0.2, -0.15) is 0 Å². The highest BCUT2D eigenvalue weighted by Crippen LogP contribution is 2.12. The first-order chi connectivity index (χ1) is 9.29. The smallest absolute Gasteiger partial charge is 0.251 e. The summed E-state index contributed by atoms with van der Waals surface area (Å²) in [6.07, 6.45) is 4.79. The number of rotatable bonds is 5. The van der Waals surface area contributed by atoms with Crippen molar-refractivity contribution in [2.24, 2.45) is 0 Å². The van der Waals surface area contributed by atoms with Gasteiger partial charge < -0.3 is 15.4 Å². The number of amides is 1. The minimum absolute atomic E-state index is 0.0153. The van der Waals surface area contributed by atoms with Gasteiger partial charge in [-0.15, -0.1) is 0 Å². The Morgan fingerprint density at radius 2 is 2.16 bits per heavy atom. The standard InChI is InChI=1S/C15H22N2O2/c1-19-14-7-5-12(6-8-14)15(18)17-11-9-13-4-2-3-10-16-13/h5-8,13,16H,2-4,9-11H2,1H3,(H,17,18). The SMILES string of the molecule is COc1ccc(C(=O)NCCC2CCCCN2)cc1. The number of hydrogen-bond acceptors (Lipinski definition) is 3. The normalized spacial score (nSPS) is 18.9. The molecular weight excluding hydrogens is 240 g/mol. The third kappa shape index (κ3) is 4.24. The minimum Gasteiger partial charge on any atom is -0.497 e. The number of nitrogens with one attached hydrogen (secondary N) is 2. The number of carbonyl (C=O) groups is 1. The van der Waals surface area contributed by atoms with E-state index in [4.69, 9.17) is 4.74 Å². The first-order valence-corrected chi connectivity index (χ1v) is 6.95. The molecule has 1 heterocycles. The number of benzene rings is 1. The molecule has 2 rings (SSSR count). The van der Waals surface area contributed by atoms with Crippen LogP contribution < -0.4 is 15.4 Å². The van der Waals surface area contributed by atoms with Gasteiger partial charge in [0.2, 0.25) is 0 Å². The van der Waals surface area contributed by atoms with E-state index in [0.29, 0.717) is 11.6 Å². The van der Waals surface area contributed by atoms with Crippen molar-refractivity contribution in [2.45, 2.75) is 31.7 Å². The lowest BCUT2D eigenvalue weighted by atomic mass is 10.0. The van der Waals surface area contributed by atoms with Crippen LogP contribution in [0.15, 0.2) is 24.3 Å². The Balaban J connectivity index is 1.73. The van der Waals surface area contributed by atoms with Crippen LogP contribution in [-0.4, -0.2) is 32.1 Å². The van der Waals surface area contributed by atoms with E-state index in [1.807, 2.05) is 0 Å². The van der Waals surface area contributed by atoms with Crippen LogP contribution in [0.4, 0.5) is 0 Å². The van der Waals surface area contributed by atoms with E-state index in [0.717, 1.165) is 25.3 Å². The zero-order valence-electron chi connectivity index (χ0n) is 11.4. The molecule has 0 radical (unpaired) electrons. The molecule has 1 atom stereocenters. The van der Waals surface area contributed by atoms with Crippen molar-refractivity contribution in [2.75, 3.05) is 20.2 Å². The van der Waals surface area contributed by atoms with Gasteiger partial charge in [-0.05, 0) is 50.1 Å². The molecule has 1 aromatic rings. The predicted octanol–water partition coefficient (Wildman–Crippen LogP) is 1.96. The predicted molar refractivity (Wildman–Crippen MR) is 75.6 cm³/mol. The van der Waals surface area contributed by atoms with Crippen molar-refractivity contribution < 1.29 is 9.53 Å². The van der Waals surface area contributed by atoms with Crippen LogP contribution in [0, 0.1) is 0 Å². The summed E-state index contributed by atoms with van der Waals surface area (Å²) in [6.45, 7) is 1.83. The Kier molecular flexibility index (Phi) is 5.21. The Morgan fingerprint density at radius 3 is 2.79 bits per heavy atom. The molecule has 0 spiro atoms. The van der Waals surface area contributed by atoms with E-state index in [2.05, 4.69) is 10.6 Å². The second kappa shape index (κ2) is 7.14. The van der Waals surface area contributed by atoms with E-state index < -0.39 is 0 Å². The van der Waals surface area contributed by atoms with E-state index in [1.165, 1.54) is 19.3 Å². The second-order valence-electron chi connectivity index (χ2n) is 4.92. The maximum absolute atomic E-state index is 11.9. The maximum atomic E-state index is 11.9. The van der Waals surface area contributed by atoms with Crippen LogP contribution in [-0.2, 0) is 0 Å². The quantitative estimate of drug-likeness (QED) is 0.853. The van der Waals surface area contributed by atoms with Crippen molar-refractivity contribution in [1.29, 1.82) is 0 Å². The van der Waals surface area contributed by atoms with E-state index in [-0.39, 0.29) is 5.91 Å². The van der Waals surface area contributed by atoms with Crippen LogP contribution in [0.25, 0.3) is 0 Å². The fourth-order valence-corrected chi connectivity index (χ4v) is 2.37. The molecule has 1 amide bonds. The van der Waals surface area contributed by atoms with Crippen molar-refractivity contribution >= 4 is 5.91 Å². The number of ether oxygens (including phenoxy) is 1. The van der Waals surface area contributed by atoms with E-state index in [9.17, 15) is 4.79 Å². The topological polar surface area (TPSA) is 50.4 Å². The Bertz CT molecular complexity index is 397. The summed E-state index contributed by atoms with van der Waals surface area (Å²) in [5, 5.41) is 6.44. The largest absolute Gasteiger partial charge is 0.497 e. The highest BCUT2D eigenvalue weighted by atomic mass is 16.5. The average molecular weight is 262 g/mol. The Morgan fingerprint density at radius 1 is 1.37 bits per heavy atom. The summed E-state index contributed by atoms with van der Waals surface area (Å²) < 4.78 is 5.07. The Hall–Kier alpha value is -1.55. The van der Waals surface area contributed by atoms with Gasteiger partial charge in [0.15, 0.2) is 0 Å². The zero-order chi connectivity index (χ0) is 13.5. The molecule has 19 heavy (non-hydrogen) atoms. The highest BCUT2D eigenvalue weighted by molar-refractivity contribution is 5.94. The molecule has 1 aromatic carbocycles. The lowest BCUT2D eigenvalue weighted by Gasteiger charge is -2.23. The second-order valence-corrected chi connectivity index (χ2v) is 4.92. The molecule has 1 unspecified atom stereocenters. The summed E-state index contributed by atoms with van der Waals surface area (Å²) in [5.74, 6) is 0.751. The van der Waals surface area contributed by atoms with Gasteiger partial charge in [-0.25, -0.2) is 0 Å². The van der Waals surface area contributed by atoms with Gasteiger partial charge in [0.25, 0.3) is 5.91 Å². The molecule has 0 aromatic heterocycles. The van der Waals surface area contributed by atoms with E-state index >= 15 is 0 Å². The molecule has 2 N–H and O–H groups in total. The maximum Gasteiger partial charge on any atom is 0.251 e. The van der Waals surface area contributed by atoms with Crippen molar-refractivity contribution in [3.8, 4) is 5.75 Å². The van der Waals surface area contributed by atoms with Gasteiger partial charge in [0.1, 0.15) is 5.75 Å². The molecule has 4 heteroatoms. The fourth-order valence-electron chi connectivity index (χ4n) is 2.37. The third-order valence-corrected chi connectivity index (χ3v) is 3.54. The highest BCUT2D eigenvalue weighted by Gasteiger charge is 2.12. The molecule has 0 saturated carbocycles. The van der Waals surface area contributed by atoms with E-state index in [1.54, 1.807) is 31.4 Å². The van der Waals surface area contributed by atoms with Gasteiger partial charge in [0, 0.05) is 18.2 Å². The molecule has 1 aliphatic heterocycles. The summed E-state index contributed by atoms with van der Waals surface area (Å²) in [4.78, 5) is 11.9. The average Bonchev–Trinajstić information content (AvgIpc) is 2.48. The third-order valence-electron chi connectivity index (χ3n) is 3.54. The molecule has 1 aliphatic rings. The number of carbonyl (C=O) groups excluding carboxylic acids is 1. The molecular formula is C15H22N2O2. The van der Waals surface area contributed by atoms with Gasteiger partial charge in [-0.3, -0.25) is 4.79 Å². The van der Waals surface area contributed by atoms with Crippen molar-refractivity contribution in [1.82, 2.24) is 10.6 Å². The molecule has 1 saturated heterocycles. The first kappa shape index (κ1) is 13.9. The van der Waals surface area contributed by atoms with Gasteiger partial charge in [-0.1, -0.05) is 6.42 Å². The zero-order valence-corrected chi connectivity index (χ0v) is 11.4. The summed E-state index contributed by atoms with van der Waals surface area (Å²) >= 11 is 0. The summed E-state index contributed by atoms with van der Waals surface area (Å²) in [5.41, 5.74) is 0.678. The van der Waals surface area contributed by atoms with Crippen molar-refractivity contribution in [3.05, 3.63) is 29.8 Å². The van der Waals surface area contributed by atoms with Crippen LogP contribution in [0.2, 0.25) is 0 Å². The first-order valence-electron chi connectivity index (χ1n) is 6.95. The minimum atomic E-state index is -0.0153. The molecule has 0 bridgehead atoms. The lowest BCUT2D eigenvalue weighted by molar-refractivity contribution is 0.0951. The number of hydrogen-bond donors (Lipinski definition) is 2. The van der Waals surface area contributed by atoms with Crippen LogP contribution in [0.1, 0.15) is 36.0 Å². The monoisotopic (exact) mass is 262 g/mol. The van der Waals surface area contributed by atoms with Gasteiger partial charge in [0.05, 0.1) is 7.11 Å². The molecule has 1 fully saturated rings. The van der Waals surface area contributed by atoms with Crippen LogP contribution >= 0.6 is 0 Å². The Labute approximate surface area is 114 Å². The van der Waals surface area contributed by atoms with Crippen LogP contribution in [0.5, 0.6) is 5.75 Å². The van der Waals surface area contributed by atoms with Crippen LogP contribution in [0.3, 0.4) is 0 Å². The molecule has 4 nitrogen and oxygen atoms in total. The summed E-state index contributed by atoms with van der Waals surface area (Å²) in [7, 11) is 1.62. The lowest BCUT2D eigenvalue weighted by Crippen LogP contribution is -2.37. The molecule has 0 aliphatic carbocycles. The number of methoxy groups -OCH3 is 1. The molecule has 104 valence electrons. The van der Waals surface area contributed by atoms with Gasteiger partial charge >= 0.3 is 0 Å². The fraction of sp³-hybridized carbons (Fsp3) is 0.533. The van der Waals surface area contributed by atoms with Crippen molar-refractivity contribution in [3.63, 3.8) is 0 Å².